The maximum Gasteiger partial charge on any atom is -0.000708 e. The second kappa shape index (κ2) is 7.29. The molecule has 0 heterocycles. The molecule has 5 rings (SSSR count). The minimum absolute atomic E-state index is 0.528. The monoisotopic (exact) mass is 388 g/mol. The normalized spacial score (nSPS) is 11.8. The highest BCUT2D eigenvalue weighted by Crippen LogP contribution is 2.39. The average Bonchev–Trinajstić information content (AvgIpc) is 2.93. The minimum atomic E-state index is 0.528. The number of aryl methyl sites for hydroxylation is 2. The van der Waals surface area contributed by atoms with Gasteiger partial charge in [-0.25, -0.2) is 0 Å². The molecule has 0 saturated carbocycles. The lowest BCUT2D eigenvalue weighted by Gasteiger charge is -2.13. The van der Waals surface area contributed by atoms with Gasteiger partial charge in [0.15, 0.2) is 0 Å². The predicted octanol–water partition coefficient (Wildman–Crippen LogP) is 8.43. The van der Waals surface area contributed by atoms with Crippen LogP contribution in [0.4, 0.5) is 0 Å². The van der Waals surface area contributed by atoms with E-state index in [4.69, 9.17) is 0 Å². The molecular formula is C30H28. The Morgan fingerprint density at radius 1 is 0.667 bits per heavy atom. The summed E-state index contributed by atoms with van der Waals surface area (Å²) in [5.74, 6) is 0.528. The molecule has 0 heteroatoms. The molecule has 0 nitrogen and oxygen atoms in total. The molecule has 0 saturated heterocycles. The van der Waals surface area contributed by atoms with Gasteiger partial charge in [-0.15, -0.1) is 0 Å². The van der Waals surface area contributed by atoms with Crippen molar-refractivity contribution >= 4 is 21.5 Å². The van der Waals surface area contributed by atoms with Crippen molar-refractivity contribution in [2.24, 2.45) is 0 Å². The molecule has 0 spiro atoms. The zero-order valence-electron chi connectivity index (χ0n) is 18.3. The average molecular weight is 389 g/mol. The molecule has 0 atom stereocenters. The maximum atomic E-state index is 2.42. The van der Waals surface area contributed by atoms with E-state index in [2.05, 4.69) is 107 Å². The van der Waals surface area contributed by atoms with Gasteiger partial charge in [-0.05, 0) is 92.7 Å². The molecule has 30 heavy (non-hydrogen) atoms. The Morgan fingerprint density at radius 3 is 1.93 bits per heavy atom. The zero-order valence-corrected chi connectivity index (χ0v) is 18.3. The molecule has 2 aliphatic rings. The highest BCUT2D eigenvalue weighted by Gasteiger charge is 2.18. The van der Waals surface area contributed by atoms with E-state index in [1.807, 2.05) is 0 Å². The van der Waals surface area contributed by atoms with Gasteiger partial charge in [-0.2, -0.15) is 0 Å². The first-order valence-electron chi connectivity index (χ1n) is 10.9. The highest BCUT2D eigenvalue weighted by molar-refractivity contribution is 6.02. The van der Waals surface area contributed by atoms with Crippen molar-refractivity contribution in [2.75, 3.05) is 0 Å². The fourth-order valence-electron chi connectivity index (χ4n) is 4.94. The SMILES string of the molecule is Cc1cc(Cc2c3ccccc3cc3ccccc23)c2c(C)ccc(C(C)C)cc1-2. The molecule has 0 N–H and O–H groups in total. The molecule has 0 radical (unpaired) electrons. The Labute approximate surface area is 179 Å². The topological polar surface area (TPSA) is 0 Å². The van der Waals surface area contributed by atoms with Crippen LogP contribution >= 0.6 is 0 Å². The van der Waals surface area contributed by atoms with Gasteiger partial charge in [0.1, 0.15) is 0 Å². The molecule has 0 fully saturated rings. The lowest BCUT2D eigenvalue weighted by Crippen LogP contribution is -1.93. The minimum Gasteiger partial charge on any atom is -0.0616 e. The van der Waals surface area contributed by atoms with Crippen molar-refractivity contribution in [1.82, 2.24) is 0 Å². The van der Waals surface area contributed by atoms with Gasteiger partial charge in [0.2, 0.25) is 0 Å². The highest BCUT2D eigenvalue weighted by atomic mass is 14.2. The van der Waals surface area contributed by atoms with E-state index in [0.717, 1.165) is 6.42 Å². The third-order valence-corrected chi connectivity index (χ3v) is 6.55. The first kappa shape index (κ1) is 18.9. The van der Waals surface area contributed by atoms with Crippen molar-refractivity contribution in [3.63, 3.8) is 0 Å². The summed E-state index contributed by atoms with van der Waals surface area (Å²) in [6.45, 7) is 9.07. The second-order valence-electron chi connectivity index (χ2n) is 8.93. The molecular weight excluding hydrogens is 360 g/mol. The van der Waals surface area contributed by atoms with Gasteiger partial charge in [-0.1, -0.05) is 86.6 Å². The molecule has 0 bridgehead atoms. The zero-order chi connectivity index (χ0) is 20.8. The first-order chi connectivity index (χ1) is 14.5. The fourth-order valence-corrected chi connectivity index (χ4v) is 4.94. The third kappa shape index (κ3) is 3.08. The summed E-state index contributed by atoms with van der Waals surface area (Å²) >= 11 is 0. The fraction of sp³-hybridized carbons (Fsp3) is 0.200. The van der Waals surface area contributed by atoms with E-state index in [1.54, 1.807) is 0 Å². The summed E-state index contributed by atoms with van der Waals surface area (Å²) in [6.07, 6.45) is 0.952. The van der Waals surface area contributed by atoms with Crippen LogP contribution in [-0.2, 0) is 6.42 Å². The van der Waals surface area contributed by atoms with Crippen molar-refractivity contribution in [3.8, 4) is 11.1 Å². The number of hydrogen-bond donors (Lipinski definition) is 0. The standard InChI is InChI=1S/C30H28/c1-19(2)22-14-13-20(3)30-25(15-21(4)28(30)17-22)18-29-26-11-7-5-9-23(26)16-24-10-6-8-12-27(24)29/h5-17,19H,18H2,1-4H3. The largest absolute Gasteiger partial charge is 0.0616 e. The van der Waals surface area contributed by atoms with E-state index >= 15 is 0 Å². The van der Waals surface area contributed by atoms with Gasteiger partial charge in [0.25, 0.3) is 0 Å². The number of fused-ring (bicyclic) bond motifs is 3. The Morgan fingerprint density at radius 2 is 1.30 bits per heavy atom. The summed E-state index contributed by atoms with van der Waals surface area (Å²) in [4.78, 5) is 0. The number of hydrogen-bond acceptors (Lipinski definition) is 0. The molecule has 2 aliphatic carbocycles. The van der Waals surface area contributed by atoms with Gasteiger partial charge in [0, 0.05) is 0 Å². The van der Waals surface area contributed by atoms with Crippen LogP contribution in [0.3, 0.4) is 0 Å². The predicted molar refractivity (Wildman–Crippen MR) is 131 cm³/mol. The Balaban J connectivity index is 1.75. The van der Waals surface area contributed by atoms with Crippen molar-refractivity contribution in [1.29, 1.82) is 0 Å². The Bertz CT molecular complexity index is 1300. The molecule has 0 aromatic heterocycles. The van der Waals surface area contributed by atoms with Crippen LogP contribution in [0.5, 0.6) is 0 Å². The molecule has 3 aromatic carbocycles. The number of rotatable bonds is 3. The second-order valence-corrected chi connectivity index (χ2v) is 8.93. The lowest BCUT2D eigenvalue weighted by molar-refractivity contribution is 0.868. The third-order valence-electron chi connectivity index (χ3n) is 6.55. The van der Waals surface area contributed by atoms with E-state index in [-0.39, 0.29) is 0 Å². The van der Waals surface area contributed by atoms with E-state index in [9.17, 15) is 0 Å². The molecule has 3 aromatic rings. The van der Waals surface area contributed by atoms with Crippen molar-refractivity contribution in [3.05, 3.63) is 107 Å². The van der Waals surface area contributed by atoms with E-state index in [1.165, 1.54) is 60.5 Å². The van der Waals surface area contributed by atoms with Crippen LogP contribution in [0.15, 0.2) is 78.9 Å². The quantitative estimate of drug-likeness (QED) is 0.272. The molecule has 0 unspecified atom stereocenters. The van der Waals surface area contributed by atoms with Gasteiger partial charge in [0.05, 0.1) is 0 Å². The maximum absolute atomic E-state index is 2.42. The molecule has 0 amide bonds. The van der Waals surface area contributed by atoms with Crippen LogP contribution in [-0.4, -0.2) is 0 Å². The molecule has 0 aliphatic heterocycles. The van der Waals surface area contributed by atoms with Crippen molar-refractivity contribution in [2.45, 2.75) is 40.0 Å². The van der Waals surface area contributed by atoms with Crippen LogP contribution in [0.2, 0.25) is 0 Å². The van der Waals surface area contributed by atoms with Gasteiger partial charge < -0.3 is 0 Å². The van der Waals surface area contributed by atoms with E-state index in [0.29, 0.717) is 5.92 Å². The van der Waals surface area contributed by atoms with Crippen LogP contribution in [0.1, 0.15) is 47.6 Å². The Hall–Kier alpha value is -3.12. The molecule has 148 valence electrons. The lowest BCUT2D eigenvalue weighted by atomic mass is 9.91. The summed E-state index contributed by atoms with van der Waals surface area (Å²) in [6, 6.07) is 29.4. The first-order valence-corrected chi connectivity index (χ1v) is 10.9. The van der Waals surface area contributed by atoms with Crippen LogP contribution in [0, 0.1) is 13.8 Å². The smallest absolute Gasteiger partial charge is 0.000708 e. The van der Waals surface area contributed by atoms with E-state index < -0.39 is 0 Å². The van der Waals surface area contributed by atoms with Crippen LogP contribution in [0.25, 0.3) is 32.7 Å². The Kier molecular flexibility index (Phi) is 4.59. The number of benzene rings is 3. The summed E-state index contributed by atoms with van der Waals surface area (Å²) in [5, 5.41) is 5.37. The summed E-state index contributed by atoms with van der Waals surface area (Å²) in [7, 11) is 0. The summed E-state index contributed by atoms with van der Waals surface area (Å²) in [5.41, 5.74) is 9.86. The van der Waals surface area contributed by atoms with Gasteiger partial charge in [-0.3, -0.25) is 0 Å². The summed E-state index contributed by atoms with van der Waals surface area (Å²) < 4.78 is 0. The van der Waals surface area contributed by atoms with Crippen LogP contribution < -0.4 is 0 Å². The van der Waals surface area contributed by atoms with Gasteiger partial charge >= 0.3 is 0 Å². The van der Waals surface area contributed by atoms with Crippen molar-refractivity contribution < 1.29 is 0 Å².